The van der Waals surface area contributed by atoms with Gasteiger partial charge in [-0.25, -0.2) is 4.98 Å². The monoisotopic (exact) mass is 426 g/mol. The van der Waals surface area contributed by atoms with Gasteiger partial charge >= 0.3 is 0 Å². The van der Waals surface area contributed by atoms with Crippen molar-refractivity contribution in [3.63, 3.8) is 0 Å². The molecule has 30 heavy (non-hydrogen) atoms. The van der Waals surface area contributed by atoms with E-state index in [1.807, 2.05) is 32.3 Å². The third-order valence-electron chi connectivity index (χ3n) is 5.61. The molecule has 1 aliphatic heterocycles. The van der Waals surface area contributed by atoms with Gasteiger partial charge in [0.1, 0.15) is 5.52 Å². The van der Waals surface area contributed by atoms with E-state index < -0.39 is 0 Å². The molecule has 1 fully saturated rings. The molecular formula is C23H27ClN4O2. The Morgan fingerprint density at radius 3 is 2.63 bits per heavy atom. The van der Waals surface area contributed by atoms with Gasteiger partial charge in [-0.05, 0) is 61.8 Å². The molecule has 7 heteroatoms. The lowest BCUT2D eigenvalue weighted by molar-refractivity contribution is -0.122. The van der Waals surface area contributed by atoms with Crippen LogP contribution in [0, 0.1) is 0 Å². The summed E-state index contributed by atoms with van der Waals surface area (Å²) in [5.41, 5.74) is 3.83. The molecule has 2 aromatic carbocycles. The van der Waals surface area contributed by atoms with Crippen LogP contribution in [-0.2, 0) is 11.3 Å². The first-order chi connectivity index (χ1) is 14.5. The summed E-state index contributed by atoms with van der Waals surface area (Å²) in [5.74, 6) is 1.12. The SMILES string of the molecule is CN(C)c1ccc(CNC(=O)CN2CCC(c3nc4cc(Cl)ccc4o3)CC2)cc1. The molecule has 0 bridgehead atoms. The number of fused-ring (bicyclic) bond motifs is 1. The minimum Gasteiger partial charge on any atom is -0.440 e. The van der Waals surface area contributed by atoms with E-state index >= 15 is 0 Å². The molecule has 2 heterocycles. The van der Waals surface area contributed by atoms with E-state index in [-0.39, 0.29) is 11.8 Å². The Hall–Kier alpha value is -2.57. The fourth-order valence-corrected chi connectivity index (χ4v) is 3.97. The summed E-state index contributed by atoms with van der Waals surface area (Å²) in [4.78, 5) is 21.2. The summed E-state index contributed by atoms with van der Waals surface area (Å²) in [6, 6.07) is 13.7. The molecule has 1 N–H and O–H groups in total. The number of piperidine rings is 1. The zero-order valence-corrected chi connectivity index (χ0v) is 18.2. The second kappa shape index (κ2) is 9.06. The molecule has 4 rings (SSSR count). The van der Waals surface area contributed by atoms with E-state index in [4.69, 9.17) is 16.0 Å². The largest absolute Gasteiger partial charge is 0.440 e. The number of hydrogen-bond donors (Lipinski definition) is 1. The van der Waals surface area contributed by atoms with E-state index in [1.54, 1.807) is 0 Å². The summed E-state index contributed by atoms with van der Waals surface area (Å²) >= 11 is 6.04. The maximum atomic E-state index is 12.4. The van der Waals surface area contributed by atoms with Crippen LogP contribution in [0.25, 0.3) is 11.1 Å². The maximum Gasteiger partial charge on any atom is 0.234 e. The van der Waals surface area contributed by atoms with Crippen molar-refractivity contribution in [2.24, 2.45) is 0 Å². The normalized spacial score (nSPS) is 15.4. The second-order valence-corrected chi connectivity index (χ2v) is 8.49. The van der Waals surface area contributed by atoms with Crippen molar-refractivity contribution in [2.75, 3.05) is 38.6 Å². The van der Waals surface area contributed by atoms with Gasteiger partial charge in [-0.3, -0.25) is 9.69 Å². The number of carbonyl (C=O) groups is 1. The molecule has 0 aliphatic carbocycles. The number of carbonyl (C=O) groups excluding carboxylic acids is 1. The summed E-state index contributed by atoms with van der Waals surface area (Å²) in [6.45, 7) is 2.68. The zero-order valence-electron chi connectivity index (χ0n) is 17.4. The quantitative estimate of drug-likeness (QED) is 0.644. The fourth-order valence-electron chi connectivity index (χ4n) is 3.80. The Morgan fingerprint density at radius 1 is 1.20 bits per heavy atom. The number of anilines is 1. The van der Waals surface area contributed by atoms with Gasteiger partial charge in [-0.1, -0.05) is 23.7 Å². The van der Waals surface area contributed by atoms with Crippen molar-refractivity contribution >= 4 is 34.3 Å². The fraction of sp³-hybridized carbons (Fsp3) is 0.391. The van der Waals surface area contributed by atoms with Crippen LogP contribution >= 0.6 is 11.6 Å². The lowest BCUT2D eigenvalue weighted by Crippen LogP contribution is -2.41. The van der Waals surface area contributed by atoms with Gasteiger partial charge in [0.05, 0.1) is 6.54 Å². The molecule has 0 unspecified atom stereocenters. The molecule has 0 spiro atoms. The molecule has 3 aromatic rings. The Kier molecular flexibility index (Phi) is 6.25. The van der Waals surface area contributed by atoms with Gasteiger partial charge in [0.2, 0.25) is 5.91 Å². The lowest BCUT2D eigenvalue weighted by Gasteiger charge is -2.29. The van der Waals surface area contributed by atoms with Gasteiger partial charge < -0.3 is 14.6 Å². The Balaban J connectivity index is 1.24. The highest BCUT2D eigenvalue weighted by molar-refractivity contribution is 6.31. The first-order valence-corrected chi connectivity index (χ1v) is 10.7. The van der Waals surface area contributed by atoms with Crippen LogP contribution in [0.1, 0.15) is 30.2 Å². The summed E-state index contributed by atoms with van der Waals surface area (Å²) < 4.78 is 5.92. The number of likely N-dealkylation sites (tertiary alicyclic amines) is 1. The zero-order chi connectivity index (χ0) is 21.1. The van der Waals surface area contributed by atoms with Crippen LogP contribution in [0.3, 0.4) is 0 Å². The molecule has 0 atom stereocenters. The molecular weight excluding hydrogens is 400 g/mol. The highest BCUT2D eigenvalue weighted by Gasteiger charge is 2.25. The van der Waals surface area contributed by atoms with Crippen molar-refractivity contribution in [3.05, 3.63) is 58.9 Å². The number of benzene rings is 2. The van der Waals surface area contributed by atoms with Gasteiger partial charge in [0.25, 0.3) is 0 Å². The Bertz CT molecular complexity index is 1010. The summed E-state index contributed by atoms with van der Waals surface area (Å²) in [7, 11) is 4.03. The van der Waals surface area contributed by atoms with Gasteiger partial charge in [0.15, 0.2) is 11.5 Å². The second-order valence-electron chi connectivity index (χ2n) is 8.05. The average Bonchev–Trinajstić information content (AvgIpc) is 3.16. The van der Waals surface area contributed by atoms with E-state index in [1.165, 1.54) is 0 Å². The molecule has 1 amide bonds. The van der Waals surface area contributed by atoms with Gasteiger partial charge in [-0.15, -0.1) is 0 Å². The predicted molar refractivity (Wildman–Crippen MR) is 120 cm³/mol. The minimum absolute atomic E-state index is 0.0571. The molecule has 0 saturated carbocycles. The first-order valence-electron chi connectivity index (χ1n) is 10.3. The topological polar surface area (TPSA) is 61.6 Å². The maximum absolute atomic E-state index is 12.4. The third-order valence-corrected chi connectivity index (χ3v) is 5.85. The van der Waals surface area contributed by atoms with E-state index in [0.717, 1.165) is 54.2 Å². The number of nitrogens with zero attached hydrogens (tertiary/aromatic N) is 3. The number of aromatic nitrogens is 1. The van der Waals surface area contributed by atoms with Crippen molar-refractivity contribution in [2.45, 2.75) is 25.3 Å². The van der Waals surface area contributed by atoms with Gasteiger partial charge in [-0.2, -0.15) is 0 Å². The van der Waals surface area contributed by atoms with Crippen molar-refractivity contribution < 1.29 is 9.21 Å². The lowest BCUT2D eigenvalue weighted by atomic mass is 9.97. The Morgan fingerprint density at radius 2 is 1.93 bits per heavy atom. The van der Waals surface area contributed by atoms with E-state index in [0.29, 0.717) is 18.1 Å². The Labute approximate surface area is 181 Å². The number of hydrogen-bond acceptors (Lipinski definition) is 5. The number of nitrogens with one attached hydrogen (secondary N) is 1. The predicted octanol–water partition coefficient (Wildman–Crippen LogP) is 4.04. The molecule has 1 saturated heterocycles. The van der Waals surface area contributed by atoms with Crippen LogP contribution < -0.4 is 10.2 Å². The highest BCUT2D eigenvalue weighted by Crippen LogP contribution is 2.30. The van der Waals surface area contributed by atoms with Crippen LogP contribution in [-0.4, -0.2) is 49.5 Å². The number of halogens is 1. The number of oxazole rings is 1. The van der Waals surface area contributed by atoms with Crippen LogP contribution in [0.5, 0.6) is 0 Å². The summed E-state index contributed by atoms with van der Waals surface area (Å²) in [5, 5.41) is 3.69. The standard InChI is InChI=1S/C23H27ClN4O2/c1-27(2)19-6-3-16(4-7-19)14-25-22(29)15-28-11-9-17(10-12-28)23-26-20-13-18(24)5-8-21(20)30-23/h3-8,13,17H,9-12,14-15H2,1-2H3,(H,25,29). The van der Waals surface area contributed by atoms with Gasteiger partial charge in [0, 0.05) is 37.3 Å². The van der Waals surface area contributed by atoms with Crippen molar-refractivity contribution in [3.8, 4) is 0 Å². The molecule has 1 aliphatic rings. The average molecular weight is 427 g/mol. The van der Waals surface area contributed by atoms with E-state index in [2.05, 4.69) is 44.4 Å². The van der Waals surface area contributed by atoms with Crippen molar-refractivity contribution in [1.82, 2.24) is 15.2 Å². The third kappa shape index (κ3) is 4.94. The highest BCUT2D eigenvalue weighted by atomic mass is 35.5. The van der Waals surface area contributed by atoms with Crippen LogP contribution in [0.4, 0.5) is 5.69 Å². The summed E-state index contributed by atoms with van der Waals surface area (Å²) in [6.07, 6.45) is 1.86. The molecule has 0 radical (unpaired) electrons. The first kappa shape index (κ1) is 20.7. The molecule has 158 valence electrons. The van der Waals surface area contributed by atoms with Crippen LogP contribution in [0.2, 0.25) is 5.02 Å². The minimum atomic E-state index is 0.0571. The van der Waals surface area contributed by atoms with Crippen LogP contribution in [0.15, 0.2) is 46.9 Å². The van der Waals surface area contributed by atoms with Crippen molar-refractivity contribution in [1.29, 1.82) is 0 Å². The smallest absolute Gasteiger partial charge is 0.234 e. The van der Waals surface area contributed by atoms with E-state index in [9.17, 15) is 4.79 Å². The molecule has 1 aromatic heterocycles. The number of rotatable bonds is 6. The molecule has 6 nitrogen and oxygen atoms in total. The number of amides is 1.